The molecular formula is C37H36BF5N2O8S. The Hall–Kier alpha value is -4.68. The first-order valence-corrected chi connectivity index (χ1v) is 18.3. The van der Waals surface area contributed by atoms with E-state index in [0.717, 1.165) is 44.4 Å². The van der Waals surface area contributed by atoms with Crippen LogP contribution in [0.5, 0.6) is 5.75 Å². The monoisotopic (exact) mass is 774 g/mol. The number of nitrogens with zero attached hydrogens (tertiary/aromatic N) is 1. The number of hydroxylamine groups is 1. The minimum atomic E-state index is -5.45. The maximum absolute atomic E-state index is 14.5. The molecule has 10 nitrogen and oxygen atoms in total. The summed E-state index contributed by atoms with van der Waals surface area (Å²) < 4.78 is 97.0. The fraction of sp³-hybridized carbons (Fsp3) is 0.297. The Labute approximate surface area is 308 Å². The average Bonchev–Trinajstić information content (AvgIpc) is 3.16. The molecule has 17 heteroatoms. The number of benzene rings is 4. The number of hydrogen-bond acceptors (Lipinski definition) is 8. The molecule has 0 heterocycles. The zero-order valence-electron chi connectivity index (χ0n) is 28.9. The van der Waals surface area contributed by atoms with E-state index in [2.05, 4.69) is 5.48 Å². The van der Waals surface area contributed by atoms with Crippen molar-refractivity contribution in [3.8, 4) is 5.75 Å². The Morgan fingerprint density at radius 2 is 1.43 bits per heavy atom. The Kier molecular flexibility index (Phi) is 12.9. The van der Waals surface area contributed by atoms with E-state index in [1.54, 1.807) is 24.3 Å². The highest BCUT2D eigenvalue weighted by atomic mass is 32.2. The number of phenols is 1. The van der Waals surface area contributed by atoms with Crippen molar-refractivity contribution < 1.29 is 60.0 Å². The highest BCUT2D eigenvalue weighted by Crippen LogP contribution is 2.34. The minimum Gasteiger partial charge on any atom is -0.507 e. The van der Waals surface area contributed by atoms with Crippen LogP contribution in [0.3, 0.4) is 0 Å². The molecule has 54 heavy (non-hydrogen) atoms. The Morgan fingerprint density at radius 1 is 0.852 bits per heavy atom. The summed E-state index contributed by atoms with van der Waals surface area (Å²) in [6, 6.07) is 17.1. The van der Waals surface area contributed by atoms with Crippen molar-refractivity contribution in [1.82, 2.24) is 9.79 Å². The molecule has 0 aliphatic heterocycles. The maximum atomic E-state index is 14.5. The minimum absolute atomic E-state index is 0.0552. The summed E-state index contributed by atoms with van der Waals surface area (Å²) in [5, 5.41) is 29.3. The van der Waals surface area contributed by atoms with Crippen molar-refractivity contribution in [2.45, 2.75) is 61.9 Å². The number of aromatic hydroxyl groups is 1. The van der Waals surface area contributed by atoms with Crippen molar-refractivity contribution in [3.05, 3.63) is 124 Å². The molecule has 4 aromatic carbocycles. The fourth-order valence-corrected chi connectivity index (χ4v) is 7.62. The largest absolute Gasteiger partial charge is 0.507 e. The van der Waals surface area contributed by atoms with Gasteiger partial charge in [0.15, 0.2) is 33.9 Å². The molecule has 4 N–H and O–H groups in total. The molecule has 0 aromatic heterocycles. The highest BCUT2D eigenvalue weighted by molar-refractivity contribution is 7.89. The third-order valence-corrected chi connectivity index (χ3v) is 11.3. The molecule has 0 radical (unpaired) electrons. The number of carbonyl (C=O) groups excluding carboxylic acids is 2. The van der Waals surface area contributed by atoms with Crippen molar-refractivity contribution >= 4 is 34.3 Å². The molecule has 1 atom stereocenters. The number of nitrogens with one attached hydrogen (secondary N) is 1. The lowest BCUT2D eigenvalue weighted by Gasteiger charge is -2.23. The van der Waals surface area contributed by atoms with E-state index in [-0.39, 0.29) is 33.9 Å². The molecule has 1 unspecified atom stereocenters. The van der Waals surface area contributed by atoms with Crippen LogP contribution >= 0.6 is 0 Å². The van der Waals surface area contributed by atoms with Crippen molar-refractivity contribution in [2.24, 2.45) is 0 Å². The van der Waals surface area contributed by atoms with Gasteiger partial charge in [0.1, 0.15) is 5.75 Å². The summed E-state index contributed by atoms with van der Waals surface area (Å²) in [5.41, 5.74) is 4.60. The van der Waals surface area contributed by atoms with Crippen molar-refractivity contribution in [3.63, 3.8) is 0 Å². The number of amides is 1. The summed E-state index contributed by atoms with van der Waals surface area (Å²) >= 11 is 0. The number of Topliss-reactive ketones (excluding diaryl/α,β-unsaturated/α-hetero) is 1. The van der Waals surface area contributed by atoms with Crippen LogP contribution in [0.25, 0.3) is 0 Å². The second-order valence-electron chi connectivity index (χ2n) is 13.1. The molecule has 5 rings (SSSR count). The Morgan fingerprint density at radius 3 is 2.00 bits per heavy atom. The fourth-order valence-electron chi connectivity index (χ4n) is 6.38. The summed E-state index contributed by atoms with van der Waals surface area (Å²) in [6.45, 7) is -1.19. The smallest absolute Gasteiger partial charge is 0.488 e. The quantitative estimate of drug-likeness (QED) is 0.0465. The van der Waals surface area contributed by atoms with Gasteiger partial charge in [-0.25, -0.2) is 35.8 Å². The van der Waals surface area contributed by atoms with Gasteiger partial charge in [-0.05, 0) is 65.0 Å². The molecule has 4 aromatic rings. The average molecular weight is 775 g/mol. The molecule has 1 aliphatic rings. The molecule has 0 bridgehead atoms. The molecular weight excluding hydrogens is 738 g/mol. The zero-order chi connectivity index (χ0) is 39.3. The second-order valence-corrected chi connectivity index (χ2v) is 15.1. The van der Waals surface area contributed by atoms with Crippen molar-refractivity contribution in [1.29, 1.82) is 0 Å². The molecule has 1 fully saturated rings. The van der Waals surface area contributed by atoms with E-state index < -0.39 is 81.0 Å². The van der Waals surface area contributed by atoms with Gasteiger partial charge in [-0.1, -0.05) is 73.9 Å². The van der Waals surface area contributed by atoms with E-state index in [9.17, 15) is 55.1 Å². The number of ketones is 1. The summed E-state index contributed by atoms with van der Waals surface area (Å²) in [4.78, 5) is 29.8. The number of hydrogen-bond donors (Lipinski definition) is 4. The molecule has 1 amide bonds. The highest BCUT2D eigenvalue weighted by Gasteiger charge is 2.37. The molecule has 286 valence electrons. The lowest BCUT2D eigenvalue weighted by Crippen LogP contribution is -2.36. The third kappa shape index (κ3) is 8.98. The van der Waals surface area contributed by atoms with Crippen LogP contribution in [0.2, 0.25) is 0 Å². The summed E-state index contributed by atoms with van der Waals surface area (Å²) in [7, 11) is -6.36. The van der Waals surface area contributed by atoms with Crippen LogP contribution in [-0.4, -0.2) is 60.3 Å². The van der Waals surface area contributed by atoms with Crippen LogP contribution in [0, 0.1) is 29.1 Å². The van der Waals surface area contributed by atoms with E-state index >= 15 is 0 Å². The van der Waals surface area contributed by atoms with Gasteiger partial charge >= 0.3 is 7.12 Å². The SMILES string of the molecule is CN(CC(=O)C(Cc1ccc(C2CCCCC2)cc1)c1ccc(C(=O)NOCc2ccc(B(O)O)cc2)c(O)c1)S(=O)(=O)c1c(F)c(F)c(F)c(F)c1F. The van der Waals surface area contributed by atoms with Crippen molar-refractivity contribution in [2.75, 3.05) is 13.6 Å². The van der Waals surface area contributed by atoms with Gasteiger partial charge in [0.25, 0.3) is 5.91 Å². The number of rotatable bonds is 14. The summed E-state index contributed by atoms with van der Waals surface area (Å²) in [5.74, 6) is -15.8. The van der Waals surface area contributed by atoms with Gasteiger partial charge in [-0.15, -0.1) is 0 Å². The molecule has 1 aliphatic carbocycles. The van der Waals surface area contributed by atoms with Gasteiger partial charge in [-0.2, -0.15) is 4.31 Å². The zero-order valence-corrected chi connectivity index (χ0v) is 29.7. The second kappa shape index (κ2) is 17.2. The number of halogens is 5. The number of phenolic OH excluding ortho intramolecular Hbond substituents is 1. The third-order valence-electron chi connectivity index (χ3n) is 9.45. The predicted molar refractivity (Wildman–Crippen MR) is 186 cm³/mol. The first-order valence-electron chi connectivity index (χ1n) is 16.9. The van der Waals surface area contributed by atoms with Gasteiger partial charge in [0, 0.05) is 13.0 Å². The molecule has 0 spiro atoms. The van der Waals surface area contributed by atoms with Crippen LogP contribution in [-0.2, 0) is 32.7 Å². The van der Waals surface area contributed by atoms with Gasteiger partial charge in [0.05, 0.1) is 18.7 Å². The van der Waals surface area contributed by atoms with E-state index in [1.165, 1.54) is 30.7 Å². The molecule has 1 saturated carbocycles. The van der Waals surface area contributed by atoms with Crippen LogP contribution in [0.15, 0.2) is 71.6 Å². The van der Waals surface area contributed by atoms with Crippen LogP contribution in [0.4, 0.5) is 22.0 Å². The lowest BCUT2D eigenvalue weighted by molar-refractivity contribution is -0.120. The van der Waals surface area contributed by atoms with E-state index in [4.69, 9.17) is 4.84 Å². The predicted octanol–water partition coefficient (Wildman–Crippen LogP) is 4.89. The standard InChI is InChI=1S/C37H36BF5N2O8S/c1-45(54(51,52)36-34(42)32(40)31(39)33(41)35(36)43)19-30(47)28(17-21-7-11-24(12-8-21)23-5-3-2-4-6-23)25-13-16-27(29(46)18-25)37(48)44-53-20-22-9-14-26(15-10-22)38(49)50/h7-16,18,23,28,46,49-50H,2-6,17,19-20H2,1H3,(H,44,48). The Bertz CT molecular complexity index is 2090. The maximum Gasteiger partial charge on any atom is 0.488 e. The van der Waals surface area contributed by atoms with Gasteiger partial charge in [-0.3, -0.25) is 14.4 Å². The van der Waals surface area contributed by atoms with Gasteiger partial charge < -0.3 is 15.2 Å². The molecule has 0 saturated heterocycles. The summed E-state index contributed by atoms with van der Waals surface area (Å²) in [6.07, 6.45) is 5.41. The number of likely N-dealkylation sites (N-methyl/N-ethyl adjacent to an activating group) is 1. The number of sulfonamides is 1. The van der Waals surface area contributed by atoms with Crippen LogP contribution < -0.4 is 10.9 Å². The van der Waals surface area contributed by atoms with Gasteiger partial charge in [0.2, 0.25) is 15.8 Å². The normalized spacial score (nSPS) is 14.2. The van der Waals surface area contributed by atoms with E-state index in [1.807, 2.05) is 12.1 Å². The Balaban J connectivity index is 1.38. The lowest BCUT2D eigenvalue weighted by atomic mass is 9.80. The first kappa shape index (κ1) is 40.5. The number of carbonyl (C=O) groups is 2. The van der Waals surface area contributed by atoms with E-state index in [0.29, 0.717) is 17.0 Å². The first-order chi connectivity index (χ1) is 25.6. The van der Waals surface area contributed by atoms with Crippen LogP contribution in [0.1, 0.15) is 76.6 Å². The topological polar surface area (TPSA) is 153 Å².